The van der Waals surface area contributed by atoms with E-state index in [2.05, 4.69) is 16.0 Å². The van der Waals surface area contributed by atoms with E-state index >= 15 is 0 Å². The number of halogens is 3. The Balaban J connectivity index is -0.000000270. The summed E-state index contributed by atoms with van der Waals surface area (Å²) < 4.78 is 0. The fraction of sp³-hybridized carbons (Fsp3) is 1.00. The zero-order valence-corrected chi connectivity index (χ0v) is 12.1. The molecule has 0 atom stereocenters. The number of rotatable bonds is 0. The maximum Gasteiger partial charge on any atom is 0.00772 e. The quantitative estimate of drug-likeness (QED) is 0.580. The average Bonchev–Trinajstić information content (AvgIpc) is 2.00. The maximum absolute atomic E-state index is 3.30. The second kappa shape index (κ2) is 14.8. The molecular formula is C6H18Br3N3. The van der Waals surface area contributed by atoms with Gasteiger partial charge in [0.15, 0.2) is 0 Å². The minimum Gasteiger partial charge on any atom is -0.314 e. The van der Waals surface area contributed by atoms with Crippen LogP contribution in [-0.2, 0) is 0 Å². The summed E-state index contributed by atoms with van der Waals surface area (Å²) in [5.74, 6) is 0. The third kappa shape index (κ3) is 11.3. The normalized spacial score (nSPS) is 18.0. The van der Waals surface area contributed by atoms with Gasteiger partial charge in [-0.05, 0) is 0 Å². The Kier molecular flexibility index (Phi) is 23.4. The highest BCUT2D eigenvalue weighted by Crippen LogP contribution is 1.65. The second-order valence-corrected chi connectivity index (χ2v) is 2.25. The highest BCUT2D eigenvalue weighted by atomic mass is 79.9. The molecule has 0 bridgehead atoms. The highest BCUT2D eigenvalue weighted by Gasteiger charge is 1.91. The fourth-order valence-corrected chi connectivity index (χ4v) is 0.905. The van der Waals surface area contributed by atoms with Crippen molar-refractivity contribution in [2.45, 2.75) is 0 Å². The van der Waals surface area contributed by atoms with E-state index in [0.717, 1.165) is 39.3 Å². The lowest BCUT2D eigenvalue weighted by Crippen LogP contribution is -2.27. The number of hydrogen-bond donors (Lipinski definition) is 3. The smallest absolute Gasteiger partial charge is 0.00772 e. The minimum absolute atomic E-state index is 0. The van der Waals surface area contributed by atoms with Gasteiger partial charge < -0.3 is 16.0 Å². The van der Waals surface area contributed by atoms with Gasteiger partial charge in [0.25, 0.3) is 0 Å². The molecule has 1 aliphatic rings. The van der Waals surface area contributed by atoms with Crippen LogP contribution in [0.1, 0.15) is 0 Å². The topological polar surface area (TPSA) is 36.1 Å². The highest BCUT2D eigenvalue weighted by molar-refractivity contribution is 8.93. The van der Waals surface area contributed by atoms with Crippen LogP contribution < -0.4 is 16.0 Å². The molecule has 3 nitrogen and oxygen atoms in total. The molecule has 0 aromatic heterocycles. The van der Waals surface area contributed by atoms with E-state index in [-0.39, 0.29) is 50.9 Å². The van der Waals surface area contributed by atoms with Crippen molar-refractivity contribution in [2.24, 2.45) is 0 Å². The first-order valence-corrected chi connectivity index (χ1v) is 3.62. The molecular weight excluding hydrogens is 354 g/mol. The van der Waals surface area contributed by atoms with Crippen LogP contribution in [0.3, 0.4) is 0 Å². The fourth-order valence-electron chi connectivity index (χ4n) is 0.905. The van der Waals surface area contributed by atoms with Crippen molar-refractivity contribution in [3.63, 3.8) is 0 Å². The Labute approximate surface area is 106 Å². The molecule has 0 radical (unpaired) electrons. The molecule has 1 saturated heterocycles. The first-order chi connectivity index (χ1) is 4.50. The minimum atomic E-state index is 0. The van der Waals surface area contributed by atoms with Gasteiger partial charge in [-0.15, -0.1) is 50.9 Å². The summed E-state index contributed by atoms with van der Waals surface area (Å²) >= 11 is 0. The first-order valence-electron chi connectivity index (χ1n) is 3.62. The van der Waals surface area contributed by atoms with E-state index in [1.54, 1.807) is 0 Å². The van der Waals surface area contributed by atoms with Crippen molar-refractivity contribution in [1.82, 2.24) is 16.0 Å². The molecule has 12 heavy (non-hydrogen) atoms. The first kappa shape index (κ1) is 19.0. The predicted molar refractivity (Wildman–Crippen MR) is 69.6 cm³/mol. The van der Waals surface area contributed by atoms with Gasteiger partial charge in [-0.1, -0.05) is 0 Å². The van der Waals surface area contributed by atoms with Crippen LogP contribution in [0.25, 0.3) is 0 Å². The van der Waals surface area contributed by atoms with Gasteiger partial charge in [0.05, 0.1) is 0 Å². The van der Waals surface area contributed by atoms with Crippen molar-refractivity contribution < 1.29 is 0 Å². The largest absolute Gasteiger partial charge is 0.314 e. The zero-order chi connectivity index (χ0) is 6.36. The molecule has 0 amide bonds. The summed E-state index contributed by atoms with van der Waals surface area (Å²) in [7, 11) is 0. The SMILES string of the molecule is Br.Br.Br.C1CNCCNCCN1. The van der Waals surface area contributed by atoms with Gasteiger partial charge in [-0.3, -0.25) is 0 Å². The summed E-state index contributed by atoms with van der Waals surface area (Å²) in [5, 5.41) is 9.91. The lowest BCUT2D eigenvalue weighted by Gasteiger charge is -1.99. The summed E-state index contributed by atoms with van der Waals surface area (Å²) in [4.78, 5) is 0. The van der Waals surface area contributed by atoms with Crippen molar-refractivity contribution in [1.29, 1.82) is 0 Å². The third-order valence-electron chi connectivity index (χ3n) is 1.44. The Bertz CT molecular complexity index is 46.5. The molecule has 1 rings (SSSR count). The summed E-state index contributed by atoms with van der Waals surface area (Å²) in [5.41, 5.74) is 0. The van der Waals surface area contributed by atoms with Gasteiger partial charge in [0, 0.05) is 39.3 Å². The van der Waals surface area contributed by atoms with E-state index in [4.69, 9.17) is 0 Å². The zero-order valence-electron chi connectivity index (χ0n) is 6.97. The van der Waals surface area contributed by atoms with Crippen molar-refractivity contribution in [3.8, 4) is 0 Å². The molecule has 1 aliphatic heterocycles. The van der Waals surface area contributed by atoms with Gasteiger partial charge >= 0.3 is 0 Å². The van der Waals surface area contributed by atoms with Gasteiger partial charge in [0.1, 0.15) is 0 Å². The molecule has 0 unspecified atom stereocenters. The summed E-state index contributed by atoms with van der Waals surface area (Å²) in [6, 6.07) is 0. The van der Waals surface area contributed by atoms with Crippen LogP contribution in [0, 0.1) is 0 Å². The molecule has 3 N–H and O–H groups in total. The molecule has 0 spiro atoms. The standard InChI is InChI=1S/C6H15N3.3BrH/c1-2-8-5-6-9-4-3-7-1;;;/h7-9H,1-6H2;3*1H. The summed E-state index contributed by atoms with van der Waals surface area (Å²) in [6.45, 7) is 6.59. The Morgan fingerprint density at radius 3 is 0.750 bits per heavy atom. The van der Waals surface area contributed by atoms with Crippen molar-refractivity contribution in [3.05, 3.63) is 0 Å². The molecule has 1 fully saturated rings. The molecule has 0 saturated carbocycles. The maximum atomic E-state index is 3.30. The predicted octanol–water partition coefficient (Wildman–Crippen LogP) is 0.502. The van der Waals surface area contributed by atoms with E-state index in [9.17, 15) is 0 Å². The van der Waals surface area contributed by atoms with Gasteiger partial charge in [-0.2, -0.15) is 0 Å². The third-order valence-corrected chi connectivity index (χ3v) is 1.44. The Morgan fingerprint density at radius 1 is 0.417 bits per heavy atom. The molecule has 6 heteroatoms. The summed E-state index contributed by atoms with van der Waals surface area (Å²) in [6.07, 6.45) is 0. The van der Waals surface area contributed by atoms with Crippen LogP contribution in [0.5, 0.6) is 0 Å². The van der Waals surface area contributed by atoms with Gasteiger partial charge in [-0.25, -0.2) is 0 Å². The molecule has 0 aromatic rings. The Morgan fingerprint density at radius 2 is 0.583 bits per heavy atom. The van der Waals surface area contributed by atoms with Crippen LogP contribution in [0.2, 0.25) is 0 Å². The molecule has 78 valence electrons. The van der Waals surface area contributed by atoms with Crippen LogP contribution in [-0.4, -0.2) is 39.3 Å². The van der Waals surface area contributed by atoms with Crippen molar-refractivity contribution >= 4 is 50.9 Å². The van der Waals surface area contributed by atoms with Crippen molar-refractivity contribution in [2.75, 3.05) is 39.3 Å². The van der Waals surface area contributed by atoms with E-state index in [0.29, 0.717) is 0 Å². The van der Waals surface area contributed by atoms with E-state index in [1.165, 1.54) is 0 Å². The molecule has 0 aliphatic carbocycles. The van der Waals surface area contributed by atoms with Crippen LogP contribution >= 0.6 is 50.9 Å². The molecule has 1 heterocycles. The Hall–Kier alpha value is 1.32. The van der Waals surface area contributed by atoms with Crippen LogP contribution in [0.15, 0.2) is 0 Å². The second-order valence-electron chi connectivity index (χ2n) is 2.25. The van der Waals surface area contributed by atoms with E-state index in [1.807, 2.05) is 0 Å². The lowest BCUT2D eigenvalue weighted by atomic mass is 10.6. The van der Waals surface area contributed by atoms with Crippen LogP contribution in [0.4, 0.5) is 0 Å². The average molecular weight is 372 g/mol. The van der Waals surface area contributed by atoms with Gasteiger partial charge in [0.2, 0.25) is 0 Å². The van der Waals surface area contributed by atoms with E-state index < -0.39 is 0 Å². The monoisotopic (exact) mass is 369 g/mol. The number of hydrogen-bond acceptors (Lipinski definition) is 3. The number of nitrogens with one attached hydrogen (secondary N) is 3. The molecule has 0 aromatic carbocycles. The lowest BCUT2D eigenvalue weighted by molar-refractivity contribution is 0.652.